The van der Waals surface area contributed by atoms with Gasteiger partial charge in [-0.2, -0.15) is 0 Å². The Morgan fingerprint density at radius 2 is 2.00 bits per heavy atom. The summed E-state index contributed by atoms with van der Waals surface area (Å²) in [6.45, 7) is 13.9. The number of nitrogens with zero attached hydrogens (tertiary/aromatic N) is 2. The predicted molar refractivity (Wildman–Crippen MR) is 97.3 cm³/mol. The molecule has 0 saturated carbocycles. The molecule has 0 atom stereocenters. The number of esters is 1. The molecule has 0 radical (unpaired) electrons. The van der Waals surface area contributed by atoms with Crippen molar-refractivity contribution in [2.45, 2.75) is 58.7 Å². The van der Waals surface area contributed by atoms with E-state index in [1.807, 2.05) is 19.2 Å². The van der Waals surface area contributed by atoms with Gasteiger partial charge in [0.05, 0.1) is 6.61 Å². The van der Waals surface area contributed by atoms with E-state index in [0.29, 0.717) is 19.4 Å². The second-order valence-corrected chi connectivity index (χ2v) is 12.6. The van der Waals surface area contributed by atoms with Crippen molar-refractivity contribution in [3.8, 4) is 0 Å². The summed E-state index contributed by atoms with van der Waals surface area (Å²) in [5, 5.41) is 1.39. The number of pyridine rings is 1. The number of rotatable bonds is 5. The number of hydrogen-bond acceptors (Lipinski definition) is 3. The number of aryl methyl sites for hydroxylation is 1. The highest BCUT2D eigenvalue weighted by Crippen LogP contribution is 2.38. The minimum atomic E-state index is -1.71. The lowest BCUT2D eigenvalue weighted by molar-refractivity contribution is -0.143. The van der Waals surface area contributed by atoms with Crippen molar-refractivity contribution >= 4 is 25.2 Å². The standard InChI is InChI=1S/C18H28N2O2Si/c1-7-22-16(21)9-8-14-10-12-19-17-15(14)11-13-20(17)23(5,6)18(2,3)4/h10-13H,7-9H2,1-6H3. The van der Waals surface area contributed by atoms with Crippen LogP contribution in [0.1, 0.15) is 39.7 Å². The lowest BCUT2D eigenvalue weighted by Crippen LogP contribution is -2.45. The molecule has 126 valence electrons. The minimum Gasteiger partial charge on any atom is -0.466 e. The van der Waals surface area contributed by atoms with Crippen molar-refractivity contribution in [1.82, 2.24) is 9.22 Å². The summed E-state index contributed by atoms with van der Waals surface area (Å²) in [5.74, 6) is -0.138. The first-order valence-corrected chi connectivity index (χ1v) is 11.2. The third-order valence-electron chi connectivity index (χ3n) is 5.02. The molecule has 0 aliphatic carbocycles. The van der Waals surface area contributed by atoms with E-state index in [1.54, 1.807) is 0 Å². The van der Waals surface area contributed by atoms with Crippen LogP contribution in [0.3, 0.4) is 0 Å². The molecule has 0 saturated heterocycles. The van der Waals surface area contributed by atoms with Crippen molar-refractivity contribution < 1.29 is 9.53 Å². The molecule has 0 spiro atoms. The van der Waals surface area contributed by atoms with E-state index in [-0.39, 0.29) is 11.0 Å². The molecule has 2 heterocycles. The van der Waals surface area contributed by atoms with Crippen LogP contribution >= 0.6 is 0 Å². The van der Waals surface area contributed by atoms with Gasteiger partial charge in [0.1, 0.15) is 5.65 Å². The van der Waals surface area contributed by atoms with Gasteiger partial charge in [0, 0.05) is 18.0 Å². The first kappa shape index (κ1) is 17.7. The van der Waals surface area contributed by atoms with Crippen LogP contribution < -0.4 is 0 Å². The van der Waals surface area contributed by atoms with Gasteiger partial charge in [0.15, 0.2) is 8.24 Å². The molecule has 0 aliphatic rings. The molecule has 0 unspecified atom stereocenters. The number of aromatic nitrogens is 2. The fourth-order valence-corrected chi connectivity index (χ4v) is 4.47. The van der Waals surface area contributed by atoms with E-state index in [9.17, 15) is 4.79 Å². The maximum atomic E-state index is 11.6. The first-order chi connectivity index (χ1) is 10.7. The Hall–Kier alpha value is -1.62. The Bertz CT molecular complexity index is 699. The van der Waals surface area contributed by atoms with Crippen LogP contribution in [-0.4, -0.2) is 30.0 Å². The summed E-state index contributed by atoms with van der Waals surface area (Å²) >= 11 is 0. The first-order valence-electron chi connectivity index (χ1n) is 8.29. The number of ether oxygens (including phenoxy) is 1. The monoisotopic (exact) mass is 332 g/mol. The van der Waals surface area contributed by atoms with E-state index in [4.69, 9.17) is 4.74 Å². The van der Waals surface area contributed by atoms with Gasteiger partial charge in [0.2, 0.25) is 0 Å². The van der Waals surface area contributed by atoms with Crippen molar-refractivity contribution in [2.24, 2.45) is 0 Å². The van der Waals surface area contributed by atoms with Gasteiger partial charge in [-0.3, -0.25) is 4.79 Å². The normalized spacial score (nSPS) is 12.6. The Labute approximate surface area is 140 Å². The maximum Gasteiger partial charge on any atom is 0.306 e. The quantitative estimate of drug-likeness (QED) is 0.602. The predicted octanol–water partition coefficient (Wildman–Crippen LogP) is 4.39. The van der Waals surface area contributed by atoms with Gasteiger partial charge >= 0.3 is 5.97 Å². The van der Waals surface area contributed by atoms with Crippen LogP contribution in [0.25, 0.3) is 11.0 Å². The molecule has 23 heavy (non-hydrogen) atoms. The molecule has 0 fully saturated rings. The van der Waals surface area contributed by atoms with Crippen molar-refractivity contribution in [3.05, 3.63) is 30.1 Å². The third kappa shape index (κ3) is 3.49. The Morgan fingerprint density at radius 1 is 1.30 bits per heavy atom. The Kier molecular flexibility index (Phi) is 4.99. The number of hydrogen-bond donors (Lipinski definition) is 0. The molecule has 2 rings (SSSR count). The van der Waals surface area contributed by atoms with Gasteiger partial charge in [0.25, 0.3) is 0 Å². The molecular formula is C18H28N2O2Si. The number of carbonyl (C=O) groups excluding carboxylic acids is 1. The summed E-state index contributed by atoms with van der Waals surface area (Å²) < 4.78 is 7.41. The lowest BCUT2D eigenvalue weighted by Gasteiger charge is -2.38. The zero-order valence-electron chi connectivity index (χ0n) is 15.1. The van der Waals surface area contributed by atoms with Crippen LogP contribution in [0.5, 0.6) is 0 Å². The lowest BCUT2D eigenvalue weighted by atomic mass is 10.1. The molecule has 0 aliphatic heterocycles. The van der Waals surface area contributed by atoms with Crippen LogP contribution in [0.2, 0.25) is 18.1 Å². The average Bonchev–Trinajstić information content (AvgIpc) is 2.89. The molecule has 0 aromatic carbocycles. The highest BCUT2D eigenvalue weighted by atomic mass is 28.3. The van der Waals surface area contributed by atoms with Gasteiger partial charge in [-0.1, -0.05) is 33.9 Å². The molecule has 2 aromatic heterocycles. The van der Waals surface area contributed by atoms with E-state index < -0.39 is 8.24 Å². The fourth-order valence-electron chi connectivity index (χ4n) is 2.59. The topological polar surface area (TPSA) is 44.1 Å². The smallest absolute Gasteiger partial charge is 0.306 e. The van der Waals surface area contributed by atoms with Crippen molar-refractivity contribution in [3.63, 3.8) is 0 Å². The second kappa shape index (κ2) is 6.47. The SMILES string of the molecule is CCOC(=O)CCc1ccnc2c1ccn2[Si](C)(C)C(C)(C)C. The summed E-state index contributed by atoms with van der Waals surface area (Å²) in [6.07, 6.45) is 5.13. The largest absolute Gasteiger partial charge is 0.466 e. The van der Waals surface area contributed by atoms with E-state index >= 15 is 0 Å². The van der Waals surface area contributed by atoms with Crippen LogP contribution in [0.4, 0.5) is 0 Å². The molecule has 5 heteroatoms. The molecule has 2 aromatic rings. The van der Waals surface area contributed by atoms with Gasteiger partial charge in [-0.25, -0.2) is 4.98 Å². The maximum absolute atomic E-state index is 11.6. The zero-order chi connectivity index (χ0) is 17.3. The summed E-state index contributed by atoms with van der Waals surface area (Å²) in [6, 6.07) is 4.15. The van der Waals surface area contributed by atoms with Crippen molar-refractivity contribution in [1.29, 1.82) is 0 Å². The Morgan fingerprint density at radius 3 is 2.61 bits per heavy atom. The molecule has 0 amide bonds. The van der Waals surface area contributed by atoms with Gasteiger partial charge in [-0.15, -0.1) is 0 Å². The summed E-state index contributed by atoms with van der Waals surface area (Å²) in [5.41, 5.74) is 2.21. The molecule has 0 bridgehead atoms. The highest BCUT2D eigenvalue weighted by Gasteiger charge is 2.38. The molecular weight excluding hydrogens is 304 g/mol. The summed E-state index contributed by atoms with van der Waals surface area (Å²) in [7, 11) is -1.71. The van der Waals surface area contributed by atoms with Gasteiger partial charge < -0.3 is 8.97 Å². The second-order valence-electron chi connectivity index (χ2n) is 7.51. The van der Waals surface area contributed by atoms with Crippen LogP contribution in [0.15, 0.2) is 24.5 Å². The van der Waals surface area contributed by atoms with E-state index in [2.05, 4.69) is 55.3 Å². The average molecular weight is 333 g/mol. The fraction of sp³-hybridized carbons (Fsp3) is 0.556. The minimum absolute atomic E-state index is 0.138. The van der Waals surface area contributed by atoms with Crippen LogP contribution in [-0.2, 0) is 16.0 Å². The third-order valence-corrected chi connectivity index (χ3v) is 10.3. The van der Waals surface area contributed by atoms with Gasteiger partial charge in [-0.05, 0) is 42.3 Å². The highest BCUT2D eigenvalue weighted by molar-refractivity contribution is 6.79. The van der Waals surface area contributed by atoms with E-state index in [0.717, 1.165) is 11.0 Å². The van der Waals surface area contributed by atoms with Crippen molar-refractivity contribution in [2.75, 3.05) is 6.61 Å². The zero-order valence-corrected chi connectivity index (χ0v) is 16.1. The molecule has 4 nitrogen and oxygen atoms in total. The van der Waals surface area contributed by atoms with Crippen LogP contribution in [0, 0.1) is 0 Å². The molecule has 0 N–H and O–H groups in total. The number of fused-ring (bicyclic) bond motifs is 1. The number of carbonyl (C=O) groups is 1. The summed E-state index contributed by atoms with van der Waals surface area (Å²) in [4.78, 5) is 16.2. The Balaban J connectivity index is 2.36. The van der Waals surface area contributed by atoms with E-state index in [1.165, 1.54) is 5.56 Å².